The van der Waals surface area contributed by atoms with Crippen LogP contribution in [0.5, 0.6) is 0 Å². The van der Waals surface area contributed by atoms with Crippen molar-refractivity contribution in [1.82, 2.24) is 0 Å². The average Bonchev–Trinajstić information content (AvgIpc) is 2.49. The maximum atomic E-state index is 2.45. The molecule has 2 nitrogen and oxygen atoms in total. The molecule has 0 bridgehead atoms. The van der Waals surface area contributed by atoms with E-state index >= 15 is 0 Å². The standard InChI is InChI=1S/C20H32N2/c1-16-12-17(2)14-22(13-16)20-8-10-21(11-9-20)15-19-7-5-4-6-18(19)3/h4-7,16-17,20H,8-15H2,1-3H3/p+2/t16-,17-/m0/s1. The first-order valence-electron chi connectivity index (χ1n) is 9.34. The van der Waals surface area contributed by atoms with E-state index in [-0.39, 0.29) is 0 Å². The van der Waals surface area contributed by atoms with E-state index in [1.807, 2.05) is 4.90 Å². The van der Waals surface area contributed by atoms with Gasteiger partial charge in [0.1, 0.15) is 6.54 Å². The van der Waals surface area contributed by atoms with Gasteiger partial charge in [0.15, 0.2) is 0 Å². The fourth-order valence-electron chi connectivity index (χ4n) is 4.85. The van der Waals surface area contributed by atoms with E-state index in [9.17, 15) is 0 Å². The molecule has 3 rings (SSSR count). The first-order chi connectivity index (χ1) is 10.6. The number of nitrogens with one attached hydrogen (secondary N) is 2. The third-order valence-corrected chi connectivity index (χ3v) is 6.00. The van der Waals surface area contributed by atoms with Crippen LogP contribution in [0.15, 0.2) is 24.3 Å². The summed E-state index contributed by atoms with van der Waals surface area (Å²) >= 11 is 0. The molecule has 2 saturated heterocycles. The molecule has 0 saturated carbocycles. The van der Waals surface area contributed by atoms with E-state index in [1.54, 1.807) is 10.5 Å². The van der Waals surface area contributed by atoms with Crippen molar-refractivity contribution in [2.45, 2.75) is 52.6 Å². The SMILES string of the molecule is Cc1ccccc1C[NH+]1CCC([NH+]2C[C@@H](C)C[C@H](C)C2)CC1. The van der Waals surface area contributed by atoms with Crippen LogP contribution < -0.4 is 9.80 Å². The normalized spacial score (nSPS) is 36.2. The molecule has 1 aromatic rings. The Balaban J connectivity index is 1.51. The summed E-state index contributed by atoms with van der Waals surface area (Å²) in [5.74, 6) is 1.85. The van der Waals surface area contributed by atoms with E-state index in [1.165, 1.54) is 57.5 Å². The van der Waals surface area contributed by atoms with E-state index in [0.29, 0.717) is 0 Å². The minimum absolute atomic E-state index is 0.927. The average molecular weight is 303 g/mol. The minimum Gasteiger partial charge on any atom is -0.332 e. The van der Waals surface area contributed by atoms with Crippen LogP contribution in [0.3, 0.4) is 0 Å². The quantitative estimate of drug-likeness (QED) is 0.827. The van der Waals surface area contributed by atoms with Crippen LogP contribution in [0, 0.1) is 18.8 Å². The summed E-state index contributed by atoms with van der Waals surface area (Å²) in [4.78, 5) is 3.71. The first-order valence-corrected chi connectivity index (χ1v) is 9.34. The van der Waals surface area contributed by atoms with Crippen LogP contribution in [-0.4, -0.2) is 32.2 Å². The van der Waals surface area contributed by atoms with E-state index in [0.717, 1.165) is 17.9 Å². The molecule has 0 radical (unpaired) electrons. The number of hydrogen-bond donors (Lipinski definition) is 2. The summed E-state index contributed by atoms with van der Waals surface area (Å²) in [6.07, 6.45) is 4.30. The highest BCUT2D eigenvalue weighted by atomic mass is 15.2. The number of rotatable bonds is 3. The Morgan fingerprint density at radius 1 is 1.00 bits per heavy atom. The Morgan fingerprint density at radius 3 is 2.27 bits per heavy atom. The van der Waals surface area contributed by atoms with Crippen LogP contribution in [-0.2, 0) is 6.54 Å². The summed E-state index contributed by atoms with van der Waals surface area (Å²) in [6.45, 7) is 14.0. The van der Waals surface area contributed by atoms with Gasteiger partial charge in [-0.05, 0) is 18.9 Å². The maximum Gasteiger partial charge on any atom is 0.103 e. The van der Waals surface area contributed by atoms with Gasteiger partial charge in [-0.1, -0.05) is 38.1 Å². The Morgan fingerprint density at radius 2 is 1.64 bits per heavy atom. The van der Waals surface area contributed by atoms with Crippen LogP contribution in [0.2, 0.25) is 0 Å². The zero-order valence-electron chi connectivity index (χ0n) is 14.7. The molecule has 2 fully saturated rings. The molecule has 22 heavy (non-hydrogen) atoms. The van der Waals surface area contributed by atoms with Crippen molar-refractivity contribution in [2.24, 2.45) is 11.8 Å². The number of hydrogen-bond acceptors (Lipinski definition) is 0. The molecule has 0 spiro atoms. The fraction of sp³-hybridized carbons (Fsp3) is 0.700. The molecular formula is C20H34N2+2. The molecule has 122 valence electrons. The highest BCUT2D eigenvalue weighted by Gasteiger charge is 2.34. The van der Waals surface area contributed by atoms with Crippen molar-refractivity contribution in [2.75, 3.05) is 26.2 Å². The lowest BCUT2D eigenvalue weighted by atomic mass is 9.89. The van der Waals surface area contributed by atoms with Crippen molar-refractivity contribution in [1.29, 1.82) is 0 Å². The smallest absolute Gasteiger partial charge is 0.103 e. The zero-order chi connectivity index (χ0) is 15.5. The van der Waals surface area contributed by atoms with Crippen molar-refractivity contribution in [3.05, 3.63) is 35.4 Å². The molecule has 2 aliphatic rings. The lowest BCUT2D eigenvalue weighted by Gasteiger charge is -2.39. The van der Waals surface area contributed by atoms with Crippen LogP contribution in [0.25, 0.3) is 0 Å². The second-order valence-electron chi connectivity index (χ2n) is 8.14. The van der Waals surface area contributed by atoms with Gasteiger partial charge in [0.25, 0.3) is 0 Å². The Labute approximate surface area is 136 Å². The summed E-state index contributed by atoms with van der Waals surface area (Å²) in [6, 6.07) is 9.85. The van der Waals surface area contributed by atoms with Gasteiger partial charge in [-0.3, -0.25) is 0 Å². The molecular weight excluding hydrogens is 268 g/mol. The van der Waals surface area contributed by atoms with Crippen LogP contribution in [0.4, 0.5) is 0 Å². The summed E-state index contributed by atoms with van der Waals surface area (Å²) in [5, 5.41) is 0. The van der Waals surface area contributed by atoms with Crippen molar-refractivity contribution in [3.63, 3.8) is 0 Å². The largest absolute Gasteiger partial charge is 0.332 e. The van der Waals surface area contributed by atoms with E-state index < -0.39 is 0 Å². The van der Waals surface area contributed by atoms with Gasteiger partial charge in [-0.15, -0.1) is 0 Å². The fourth-order valence-corrected chi connectivity index (χ4v) is 4.85. The molecule has 0 amide bonds. The predicted octanol–water partition coefficient (Wildman–Crippen LogP) is 1.10. The monoisotopic (exact) mass is 302 g/mol. The van der Waals surface area contributed by atoms with Gasteiger partial charge in [-0.25, -0.2) is 0 Å². The molecule has 1 aromatic carbocycles. The number of piperidine rings is 2. The second-order valence-corrected chi connectivity index (χ2v) is 8.14. The van der Waals surface area contributed by atoms with Gasteiger partial charge < -0.3 is 9.80 Å². The van der Waals surface area contributed by atoms with Crippen LogP contribution >= 0.6 is 0 Å². The second kappa shape index (κ2) is 7.14. The Bertz CT molecular complexity index is 466. The van der Waals surface area contributed by atoms with Crippen molar-refractivity contribution >= 4 is 0 Å². The molecule has 2 heteroatoms. The first kappa shape index (κ1) is 16.0. The molecule has 0 aliphatic carbocycles. The zero-order valence-corrected chi connectivity index (χ0v) is 14.7. The van der Waals surface area contributed by atoms with E-state index in [4.69, 9.17) is 0 Å². The lowest BCUT2D eigenvalue weighted by Crippen LogP contribution is -3.21. The minimum atomic E-state index is 0.927. The molecule has 2 N–H and O–H groups in total. The van der Waals surface area contributed by atoms with Gasteiger partial charge in [-0.2, -0.15) is 0 Å². The summed E-state index contributed by atoms with van der Waals surface area (Å²) in [5.41, 5.74) is 3.00. The predicted molar refractivity (Wildman–Crippen MR) is 92.2 cm³/mol. The Hall–Kier alpha value is -0.860. The maximum absolute atomic E-state index is 2.45. The third-order valence-electron chi connectivity index (χ3n) is 6.00. The van der Waals surface area contributed by atoms with E-state index in [2.05, 4.69) is 45.0 Å². The lowest BCUT2D eigenvalue weighted by molar-refractivity contribution is -0.969. The summed E-state index contributed by atoms with van der Waals surface area (Å²) in [7, 11) is 0. The highest BCUT2D eigenvalue weighted by Crippen LogP contribution is 2.13. The van der Waals surface area contributed by atoms with Gasteiger partial charge in [0.2, 0.25) is 0 Å². The van der Waals surface area contributed by atoms with Crippen LogP contribution in [0.1, 0.15) is 44.2 Å². The number of quaternary nitrogens is 2. The molecule has 0 unspecified atom stereocenters. The molecule has 2 atom stereocenters. The van der Waals surface area contributed by atoms with Gasteiger partial charge >= 0.3 is 0 Å². The highest BCUT2D eigenvalue weighted by molar-refractivity contribution is 5.24. The van der Waals surface area contributed by atoms with Crippen molar-refractivity contribution < 1.29 is 9.80 Å². The van der Waals surface area contributed by atoms with Crippen molar-refractivity contribution in [3.8, 4) is 0 Å². The molecule has 0 aromatic heterocycles. The molecule has 2 aliphatic heterocycles. The van der Waals surface area contributed by atoms with Gasteiger partial charge in [0, 0.05) is 30.2 Å². The topological polar surface area (TPSA) is 8.88 Å². The number of benzene rings is 1. The summed E-state index contributed by atoms with van der Waals surface area (Å²) < 4.78 is 0. The number of aryl methyl sites for hydroxylation is 1. The molecule has 2 heterocycles. The Kier molecular flexibility index (Phi) is 5.20. The third kappa shape index (κ3) is 3.91. The number of likely N-dealkylation sites (tertiary alicyclic amines) is 2. The van der Waals surface area contributed by atoms with Gasteiger partial charge in [0.05, 0.1) is 32.2 Å².